The fraction of sp³-hybridized carbons (Fsp3) is 0.250. The van der Waals surface area contributed by atoms with Gasteiger partial charge in [0.05, 0.1) is 6.42 Å². The van der Waals surface area contributed by atoms with E-state index in [0.717, 1.165) is 37.3 Å². The van der Waals surface area contributed by atoms with E-state index in [0.29, 0.717) is 34.1 Å². The number of nitrogens with one attached hydrogen (secondary N) is 1. The minimum atomic E-state index is -0.891. The maximum absolute atomic E-state index is 12.4. The van der Waals surface area contributed by atoms with E-state index >= 15 is 0 Å². The van der Waals surface area contributed by atoms with Gasteiger partial charge >= 0.3 is 5.97 Å². The van der Waals surface area contributed by atoms with Crippen molar-refractivity contribution >= 4 is 35.0 Å². The van der Waals surface area contributed by atoms with Crippen molar-refractivity contribution in [2.45, 2.75) is 25.7 Å². The molecule has 0 atom stereocenters. The number of rotatable bonds is 7. The highest BCUT2D eigenvalue weighted by Gasteiger charge is 2.20. The van der Waals surface area contributed by atoms with Gasteiger partial charge in [0.15, 0.2) is 0 Å². The van der Waals surface area contributed by atoms with Crippen LogP contribution in [0.5, 0.6) is 0 Å². The van der Waals surface area contributed by atoms with Crippen molar-refractivity contribution in [1.29, 1.82) is 0 Å². The number of amides is 1. The molecule has 1 saturated heterocycles. The minimum Gasteiger partial charge on any atom is -0.481 e. The molecule has 0 bridgehead atoms. The Morgan fingerprint density at radius 1 is 1.03 bits per heavy atom. The summed E-state index contributed by atoms with van der Waals surface area (Å²) in [5, 5.41) is 12.6. The molecule has 0 spiro atoms. The lowest BCUT2D eigenvalue weighted by molar-refractivity contribution is -0.136. The topological polar surface area (TPSA) is 95.4 Å². The molecule has 1 amide bonds. The van der Waals surface area contributed by atoms with Gasteiger partial charge in [-0.05, 0) is 54.8 Å². The summed E-state index contributed by atoms with van der Waals surface area (Å²) in [4.78, 5) is 34.8. The summed E-state index contributed by atoms with van der Waals surface area (Å²) in [6.07, 6.45) is 4.21. The first-order valence-electron chi connectivity index (χ1n) is 10.5. The first kappa shape index (κ1) is 21.8. The number of anilines is 2. The van der Waals surface area contributed by atoms with Crippen molar-refractivity contribution in [3.63, 3.8) is 0 Å². The maximum atomic E-state index is 12.4. The largest absolute Gasteiger partial charge is 0.481 e. The van der Waals surface area contributed by atoms with Crippen LogP contribution in [0.25, 0.3) is 0 Å². The van der Waals surface area contributed by atoms with E-state index in [1.54, 1.807) is 30.5 Å². The molecule has 7 nitrogen and oxygen atoms in total. The van der Waals surface area contributed by atoms with Crippen LogP contribution in [0.4, 0.5) is 11.5 Å². The van der Waals surface area contributed by atoms with E-state index < -0.39 is 5.97 Å². The van der Waals surface area contributed by atoms with E-state index in [4.69, 9.17) is 16.6 Å². The van der Waals surface area contributed by atoms with Gasteiger partial charge in [0.1, 0.15) is 11.6 Å². The van der Waals surface area contributed by atoms with Crippen LogP contribution >= 0.6 is 11.6 Å². The van der Waals surface area contributed by atoms with E-state index in [1.807, 2.05) is 24.3 Å². The second kappa shape index (κ2) is 9.78. The number of carboxylic acid groups (broad SMARTS) is 1. The number of aromatic nitrogens is 2. The van der Waals surface area contributed by atoms with Crippen LogP contribution in [-0.4, -0.2) is 40.0 Å². The molecule has 8 heteroatoms. The number of carboxylic acids is 1. The molecule has 0 unspecified atom stereocenters. The molecule has 1 aliphatic heterocycles. The number of carbonyl (C=O) groups excluding carboxylic acids is 1. The molecule has 32 heavy (non-hydrogen) atoms. The number of halogens is 1. The zero-order chi connectivity index (χ0) is 22.5. The number of hydrogen-bond acceptors (Lipinski definition) is 5. The Hall–Kier alpha value is -3.45. The van der Waals surface area contributed by atoms with Crippen LogP contribution in [0, 0.1) is 0 Å². The van der Waals surface area contributed by atoms with Crippen molar-refractivity contribution in [3.05, 3.63) is 82.3 Å². The zero-order valence-corrected chi connectivity index (χ0v) is 18.2. The fourth-order valence-electron chi connectivity index (χ4n) is 3.70. The Labute approximate surface area is 191 Å². The number of hydrogen-bond donors (Lipinski definition) is 2. The molecule has 0 saturated carbocycles. The highest BCUT2D eigenvalue weighted by atomic mass is 35.5. The highest BCUT2D eigenvalue weighted by molar-refractivity contribution is 6.30. The third-order valence-electron chi connectivity index (χ3n) is 5.32. The van der Waals surface area contributed by atoms with Gasteiger partial charge in [0.25, 0.3) is 5.91 Å². The van der Waals surface area contributed by atoms with Gasteiger partial charge in [-0.3, -0.25) is 9.59 Å². The summed E-state index contributed by atoms with van der Waals surface area (Å²) in [5.74, 6) is 0.265. The molecule has 2 heterocycles. The zero-order valence-electron chi connectivity index (χ0n) is 17.4. The van der Waals surface area contributed by atoms with Crippen molar-refractivity contribution in [1.82, 2.24) is 9.97 Å². The van der Waals surface area contributed by atoms with Crippen LogP contribution in [0.3, 0.4) is 0 Å². The molecule has 1 aromatic heterocycles. The number of nitrogens with zero attached hydrogens (tertiary/aromatic N) is 3. The predicted octanol–water partition coefficient (Wildman–Crippen LogP) is 4.20. The third-order valence-corrected chi connectivity index (χ3v) is 5.57. The average Bonchev–Trinajstić information content (AvgIpc) is 3.31. The Morgan fingerprint density at radius 2 is 1.72 bits per heavy atom. The lowest BCUT2D eigenvalue weighted by Crippen LogP contribution is -2.22. The summed E-state index contributed by atoms with van der Waals surface area (Å²) < 4.78 is 0. The van der Waals surface area contributed by atoms with Gasteiger partial charge in [-0.25, -0.2) is 9.97 Å². The molecule has 2 aromatic carbocycles. The molecule has 0 aliphatic carbocycles. The van der Waals surface area contributed by atoms with Crippen LogP contribution in [0.2, 0.25) is 5.02 Å². The van der Waals surface area contributed by atoms with Gasteiger partial charge in [-0.2, -0.15) is 0 Å². The van der Waals surface area contributed by atoms with Gasteiger partial charge in [-0.1, -0.05) is 23.7 Å². The van der Waals surface area contributed by atoms with Crippen LogP contribution in [0.1, 0.15) is 40.2 Å². The van der Waals surface area contributed by atoms with Gasteiger partial charge in [0.2, 0.25) is 0 Å². The molecule has 1 aliphatic rings. The maximum Gasteiger partial charge on any atom is 0.308 e. The van der Waals surface area contributed by atoms with Gasteiger partial charge in [0, 0.05) is 47.5 Å². The molecular formula is C24H23ClN4O3. The SMILES string of the molecule is O=C(O)Cc1cnc(Cc2ccc(NC(=O)c3ccc(Cl)cc3)cc2)nc1N1CCCC1. The highest BCUT2D eigenvalue weighted by Crippen LogP contribution is 2.23. The minimum absolute atomic E-state index is 0.0892. The van der Waals surface area contributed by atoms with Crippen molar-refractivity contribution in [3.8, 4) is 0 Å². The molecular weight excluding hydrogens is 428 g/mol. The fourth-order valence-corrected chi connectivity index (χ4v) is 3.83. The predicted molar refractivity (Wildman–Crippen MR) is 123 cm³/mol. The monoisotopic (exact) mass is 450 g/mol. The van der Waals surface area contributed by atoms with Crippen LogP contribution in [0.15, 0.2) is 54.7 Å². The van der Waals surface area contributed by atoms with E-state index in [1.165, 1.54) is 0 Å². The van der Waals surface area contributed by atoms with Crippen LogP contribution in [-0.2, 0) is 17.6 Å². The summed E-state index contributed by atoms with van der Waals surface area (Å²) in [5.41, 5.74) is 2.85. The Morgan fingerprint density at radius 3 is 2.38 bits per heavy atom. The van der Waals surface area contributed by atoms with E-state index in [2.05, 4.69) is 15.2 Å². The Balaban J connectivity index is 1.45. The first-order valence-corrected chi connectivity index (χ1v) is 10.8. The average molecular weight is 451 g/mol. The summed E-state index contributed by atoms with van der Waals surface area (Å²) in [7, 11) is 0. The third kappa shape index (κ3) is 5.42. The van der Waals surface area contributed by atoms with Crippen LogP contribution < -0.4 is 10.2 Å². The Kier molecular flexibility index (Phi) is 6.66. The smallest absolute Gasteiger partial charge is 0.308 e. The quantitative estimate of drug-likeness (QED) is 0.560. The molecule has 0 radical (unpaired) electrons. The molecule has 4 rings (SSSR count). The van der Waals surface area contributed by atoms with E-state index in [-0.39, 0.29) is 12.3 Å². The standard InChI is InChI=1S/C24H23ClN4O3/c25-19-7-5-17(6-8-19)24(32)27-20-9-3-16(4-10-20)13-21-26-15-18(14-22(30)31)23(28-21)29-11-1-2-12-29/h3-10,15H,1-2,11-14H2,(H,27,32)(H,30,31). The van der Waals surface area contributed by atoms with Crippen molar-refractivity contribution in [2.75, 3.05) is 23.3 Å². The molecule has 3 aromatic rings. The van der Waals surface area contributed by atoms with Gasteiger partial charge in [-0.15, -0.1) is 0 Å². The molecule has 164 valence electrons. The number of carbonyl (C=O) groups is 2. The summed E-state index contributed by atoms with van der Waals surface area (Å²) in [6, 6.07) is 14.2. The second-order valence-corrected chi connectivity index (χ2v) is 8.17. The second-order valence-electron chi connectivity index (χ2n) is 7.73. The summed E-state index contributed by atoms with van der Waals surface area (Å²) in [6.45, 7) is 1.76. The van der Waals surface area contributed by atoms with Gasteiger partial charge < -0.3 is 15.3 Å². The lowest BCUT2D eigenvalue weighted by atomic mass is 10.1. The normalized spacial score (nSPS) is 13.2. The first-order chi connectivity index (χ1) is 15.5. The van der Waals surface area contributed by atoms with Crippen molar-refractivity contribution in [2.24, 2.45) is 0 Å². The lowest BCUT2D eigenvalue weighted by Gasteiger charge is -2.20. The molecule has 1 fully saturated rings. The number of benzene rings is 2. The van der Waals surface area contributed by atoms with Crippen molar-refractivity contribution < 1.29 is 14.7 Å². The van der Waals surface area contributed by atoms with E-state index in [9.17, 15) is 14.7 Å². The Bertz CT molecular complexity index is 1110. The summed E-state index contributed by atoms with van der Waals surface area (Å²) >= 11 is 5.87. The molecule has 2 N–H and O–H groups in total. The number of aliphatic carboxylic acids is 1.